The average Bonchev–Trinajstić information content (AvgIpc) is 2.60. The second-order valence-corrected chi connectivity index (χ2v) is 6.52. The standard InChI is InChI=1S/C15H27N5O/c1-10(2)12-17-13(19-16)11(3)14(18-12)20-8-5-6-15(4,21)7-9-20/h10,21H,5-9,16H2,1-4H3,(H,17,18,19). The van der Waals surface area contributed by atoms with Crippen LogP contribution in [0, 0.1) is 6.92 Å². The number of aliphatic hydroxyl groups is 1. The molecule has 0 bridgehead atoms. The fourth-order valence-corrected chi connectivity index (χ4v) is 2.70. The number of nitrogens with two attached hydrogens (primary N) is 1. The van der Waals surface area contributed by atoms with Crippen LogP contribution in [0.1, 0.15) is 57.3 Å². The zero-order valence-corrected chi connectivity index (χ0v) is 13.5. The minimum absolute atomic E-state index is 0.242. The van der Waals surface area contributed by atoms with Gasteiger partial charge in [0.05, 0.1) is 5.60 Å². The zero-order chi connectivity index (χ0) is 15.6. The molecule has 21 heavy (non-hydrogen) atoms. The predicted octanol–water partition coefficient (Wildman–Crippen LogP) is 1.94. The first-order valence-electron chi connectivity index (χ1n) is 7.66. The molecular formula is C15H27N5O. The van der Waals surface area contributed by atoms with Gasteiger partial charge in [0.25, 0.3) is 0 Å². The minimum atomic E-state index is -0.578. The van der Waals surface area contributed by atoms with Crippen LogP contribution in [0.3, 0.4) is 0 Å². The van der Waals surface area contributed by atoms with Crippen LogP contribution in [0.15, 0.2) is 0 Å². The molecule has 0 aliphatic carbocycles. The fraction of sp³-hybridized carbons (Fsp3) is 0.733. The van der Waals surface area contributed by atoms with Crippen molar-refractivity contribution in [2.45, 2.75) is 58.5 Å². The van der Waals surface area contributed by atoms with Crippen LogP contribution in [-0.4, -0.2) is 33.8 Å². The zero-order valence-electron chi connectivity index (χ0n) is 13.5. The number of nitrogen functional groups attached to an aromatic ring is 1. The van der Waals surface area contributed by atoms with Crippen molar-refractivity contribution in [2.75, 3.05) is 23.4 Å². The molecule has 0 radical (unpaired) electrons. The molecule has 1 aromatic rings. The van der Waals surface area contributed by atoms with Gasteiger partial charge < -0.3 is 15.4 Å². The SMILES string of the molecule is Cc1c(NN)nc(C(C)C)nc1N1CCCC(C)(O)CC1. The topological polar surface area (TPSA) is 87.3 Å². The molecular weight excluding hydrogens is 266 g/mol. The molecule has 1 saturated heterocycles. The Morgan fingerprint density at radius 3 is 2.62 bits per heavy atom. The smallest absolute Gasteiger partial charge is 0.148 e. The van der Waals surface area contributed by atoms with Crippen molar-refractivity contribution < 1.29 is 5.11 Å². The van der Waals surface area contributed by atoms with Gasteiger partial charge in [0.1, 0.15) is 17.5 Å². The van der Waals surface area contributed by atoms with Crippen molar-refractivity contribution in [3.63, 3.8) is 0 Å². The molecule has 1 aliphatic heterocycles. The number of rotatable bonds is 3. The molecule has 1 unspecified atom stereocenters. The summed E-state index contributed by atoms with van der Waals surface area (Å²) in [6.45, 7) is 9.74. The van der Waals surface area contributed by atoms with Crippen LogP contribution in [0.5, 0.6) is 0 Å². The lowest BCUT2D eigenvalue weighted by Gasteiger charge is -2.26. The molecule has 2 heterocycles. The average molecular weight is 293 g/mol. The number of hydrogen-bond donors (Lipinski definition) is 3. The maximum Gasteiger partial charge on any atom is 0.148 e. The Hall–Kier alpha value is -1.40. The third-order valence-corrected chi connectivity index (χ3v) is 4.15. The van der Waals surface area contributed by atoms with Crippen LogP contribution < -0.4 is 16.2 Å². The molecule has 0 amide bonds. The summed E-state index contributed by atoms with van der Waals surface area (Å²) in [7, 11) is 0. The van der Waals surface area contributed by atoms with Crippen molar-refractivity contribution in [1.82, 2.24) is 9.97 Å². The first kappa shape index (κ1) is 16.0. The molecule has 0 aromatic carbocycles. The molecule has 1 aliphatic rings. The molecule has 4 N–H and O–H groups in total. The lowest BCUT2D eigenvalue weighted by molar-refractivity contribution is 0.0481. The number of anilines is 2. The number of hydrazine groups is 1. The lowest BCUT2D eigenvalue weighted by atomic mass is 9.98. The van der Waals surface area contributed by atoms with E-state index in [0.717, 1.165) is 49.6 Å². The van der Waals surface area contributed by atoms with Gasteiger partial charge in [-0.05, 0) is 33.1 Å². The number of hydrogen-bond acceptors (Lipinski definition) is 6. The second-order valence-electron chi connectivity index (χ2n) is 6.52. The second kappa shape index (κ2) is 6.15. The highest BCUT2D eigenvalue weighted by Gasteiger charge is 2.27. The van der Waals surface area contributed by atoms with Gasteiger partial charge in [0, 0.05) is 24.6 Å². The molecule has 1 aromatic heterocycles. The lowest BCUT2D eigenvalue weighted by Crippen LogP contribution is -2.30. The van der Waals surface area contributed by atoms with E-state index >= 15 is 0 Å². The maximum absolute atomic E-state index is 10.2. The van der Waals surface area contributed by atoms with E-state index in [4.69, 9.17) is 10.8 Å². The summed E-state index contributed by atoms with van der Waals surface area (Å²) in [5, 5.41) is 10.2. The summed E-state index contributed by atoms with van der Waals surface area (Å²) in [6, 6.07) is 0. The molecule has 6 nitrogen and oxygen atoms in total. The number of nitrogens with one attached hydrogen (secondary N) is 1. The highest BCUT2D eigenvalue weighted by molar-refractivity contribution is 5.58. The van der Waals surface area contributed by atoms with E-state index < -0.39 is 5.60 Å². The van der Waals surface area contributed by atoms with Crippen molar-refractivity contribution in [3.05, 3.63) is 11.4 Å². The Balaban J connectivity index is 2.35. The maximum atomic E-state index is 10.2. The van der Waals surface area contributed by atoms with E-state index in [1.54, 1.807) is 0 Å². The Bertz CT molecular complexity index is 501. The van der Waals surface area contributed by atoms with Crippen LogP contribution in [0.2, 0.25) is 0 Å². The van der Waals surface area contributed by atoms with Gasteiger partial charge in [-0.25, -0.2) is 15.8 Å². The Kier molecular flexibility index (Phi) is 4.68. The van der Waals surface area contributed by atoms with Gasteiger partial charge >= 0.3 is 0 Å². The summed E-state index contributed by atoms with van der Waals surface area (Å²) < 4.78 is 0. The van der Waals surface area contributed by atoms with Crippen LogP contribution in [0.4, 0.5) is 11.6 Å². The molecule has 1 atom stereocenters. The van der Waals surface area contributed by atoms with Crippen LogP contribution in [0.25, 0.3) is 0 Å². The van der Waals surface area contributed by atoms with Gasteiger partial charge in [-0.15, -0.1) is 0 Å². The first-order chi connectivity index (χ1) is 9.84. The molecule has 118 valence electrons. The van der Waals surface area contributed by atoms with Gasteiger partial charge in [0.2, 0.25) is 0 Å². The van der Waals surface area contributed by atoms with E-state index in [1.165, 1.54) is 0 Å². The van der Waals surface area contributed by atoms with Gasteiger partial charge in [-0.1, -0.05) is 13.8 Å². The summed E-state index contributed by atoms with van der Waals surface area (Å²) >= 11 is 0. The van der Waals surface area contributed by atoms with Crippen LogP contribution >= 0.6 is 0 Å². The van der Waals surface area contributed by atoms with Crippen molar-refractivity contribution in [2.24, 2.45) is 5.84 Å². The van der Waals surface area contributed by atoms with E-state index in [-0.39, 0.29) is 5.92 Å². The third-order valence-electron chi connectivity index (χ3n) is 4.15. The highest BCUT2D eigenvalue weighted by atomic mass is 16.3. The minimum Gasteiger partial charge on any atom is -0.390 e. The Morgan fingerprint density at radius 1 is 1.29 bits per heavy atom. The molecule has 0 saturated carbocycles. The van der Waals surface area contributed by atoms with E-state index in [0.29, 0.717) is 5.82 Å². The van der Waals surface area contributed by atoms with Gasteiger partial charge in [-0.2, -0.15) is 0 Å². The fourth-order valence-electron chi connectivity index (χ4n) is 2.70. The van der Waals surface area contributed by atoms with E-state index in [1.807, 2.05) is 13.8 Å². The normalized spacial score (nSPS) is 23.3. The van der Waals surface area contributed by atoms with Crippen LogP contribution in [-0.2, 0) is 0 Å². The summed E-state index contributed by atoms with van der Waals surface area (Å²) in [4.78, 5) is 11.4. The molecule has 6 heteroatoms. The Labute approximate surface area is 126 Å². The number of nitrogens with zero attached hydrogens (tertiary/aromatic N) is 3. The quantitative estimate of drug-likeness (QED) is 0.583. The van der Waals surface area contributed by atoms with Crippen molar-refractivity contribution in [1.29, 1.82) is 0 Å². The summed E-state index contributed by atoms with van der Waals surface area (Å²) in [5.74, 6) is 8.24. The molecule has 1 fully saturated rings. The predicted molar refractivity (Wildman–Crippen MR) is 85.4 cm³/mol. The van der Waals surface area contributed by atoms with Crippen molar-refractivity contribution in [3.8, 4) is 0 Å². The largest absolute Gasteiger partial charge is 0.390 e. The first-order valence-corrected chi connectivity index (χ1v) is 7.66. The molecule has 2 rings (SSSR count). The highest BCUT2D eigenvalue weighted by Crippen LogP contribution is 2.29. The van der Waals surface area contributed by atoms with Gasteiger partial charge in [-0.3, -0.25) is 0 Å². The van der Waals surface area contributed by atoms with Gasteiger partial charge in [0.15, 0.2) is 0 Å². The third kappa shape index (κ3) is 3.63. The van der Waals surface area contributed by atoms with E-state index in [2.05, 4.69) is 29.2 Å². The Morgan fingerprint density at radius 2 is 2.00 bits per heavy atom. The van der Waals surface area contributed by atoms with E-state index in [9.17, 15) is 5.11 Å². The number of aromatic nitrogens is 2. The van der Waals surface area contributed by atoms with Crippen molar-refractivity contribution >= 4 is 11.6 Å². The summed E-state index contributed by atoms with van der Waals surface area (Å²) in [5.41, 5.74) is 3.06. The molecule has 0 spiro atoms. The summed E-state index contributed by atoms with van der Waals surface area (Å²) in [6.07, 6.45) is 2.53. The monoisotopic (exact) mass is 293 g/mol.